The summed E-state index contributed by atoms with van der Waals surface area (Å²) in [6.45, 7) is 12.7. The molecule has 4 aromatic carbocycles. The number of fused-ring (bicyclic) bond motifs is 2. The van der Waals surface area contributed by atoms with E-state index in [1.54, 1.807) is 0 Å². The minimum absolute atomic E-state index is 0. The van der Waals surface area contributed by atoms with Crippen molar-refractivity contribution in [2.24, 2.45) is 0 Å². The number of rotatable bonds is 2. The summed E-state index contributed by atoms with van der Waals surface area (Å²) in [4.78, 5) is 0. The molecule has 32 heavy (non-hydrogen) atoms. The Hall–Kier alpha value is -1.77. The monoisotopic (exact) mass is 606 g/mol. The molecule has 0 aliphatic carbocycles. The van der Waals surface area contributed by atoms with E-state index in [2.05, 4.69) is 126 Å². The van der Waals surface area contributed by atoms with Gasteiger partial charge in [0.05, 0.1) is 0 Å². The maximum Gasteiger partial charge on any atom is 4.00 e. The Morgan fingerprint density at radius 1 is 0.656 bits per heavy atom. The molecular formula is C30H38HfSi. The molecule has 0 amide bonds. The zero-order chi connectivity index (χ0) is 21.2. The van der Waals surface area contributed by atoms with Crippen molar-refractivity contribution in [3.05, 3.63) is 110 Å². The third kappa shape index (κ3) is 8.29. The second-order valence-corrected chi connectivity index (χ2v) is 8.16. The van der Waals surface area contributed by atoms with Gasteiger partial charge in [0.1, 0.15) is 0 Å². The fraction of sp³-hybridized carbons (Fsp3) is 0.200. The Balaban J connectivity index is 0. The van der Waals surface area contributed by atoms with E-state index in [9.17, 15) is 0 Å². The van der Waals surface area contributed by atoms with Crippen molar-refractivity contribution in [3.8, 4) is 0 Å². The van der Waals surface area contributed by atoms with Gasteiger partial charge in [0.15, 0.2) is 0 Å². The van der Waals surface area contributed by atoms with E-state index in [0.29, 0.717) is 0 Å². The van der Waals surface area contributed by atoms with Crippen LogP contribution in [0.4, 0.5) is 0 Å². The first-order valence-corrected chi connectivity index (χ1v) is 12.2. The van der Waals surface area contributed by atoms with Crippen molar-refractivity contribution >= 4 is 43.2 Å². The average molecular weight is 605 g/mol. The van der Waals surface area contributed by atoms with Crippen molar-refractivity contribution in [2.75, 3.05) is 0 Å². The van der Waals surface area contributed by atoms with Gasteiger partial charge in [0, 0.05) is 9.52 Å². The van der Waals surface area contributed by atoms with Gasteiger partial charge in [-0.05, 0) is 13.8 Å². The third-order valence-corrected chi connectivity index (χ3v) is 4.76. The van der Waals surface area contributed by atoms with Gasteiger partial charge in [-0.25, -0.2) is 0 Å². The van der Waals surface area contributed by atoms with Gasteiger partial charge in [-0.3, -0.25) is 0 Å². The van der Waals surface area contributed by atoms with Gasteiger partial charge in [-0.15, -0.1) is 104 Å². The summed E-state index contributed by atoms with van der Waals surface area (Å²) in [5.74, 6) is 0. The van der Waals surface area contributed by atoms with Crippen LogP contribution in [0, 0.1) is 28.7 Å². The largest absolute Gasteiger partial charge is 4.00 e. The molecule has 0 fully saturated rings. The number of aryl methyl sites for hydroxylation is 2. The quantitative estimate of drug-likeness (QED) is 0.158. The van der Waals surface area contributed by atoms with Crippen LogP contribution in [0.3, 0.4) is 0 Å². The van der Waals surface area contributed by atoms with Crippen LogP contribution in [0.15, 0.2) is 72.8 Å². The summed E-state index contributed by atoms with van der Waals surface area (Å²) in [5, 5.41) is 5.40. The standard InChI is InChI=1S/2C13H13.C2H6Si.2CH3.Hf/c2*1-3-6-12-10(2)9-11-7-4-5-8-13(11)12;1-3-2;;;/h2*3-9H,1-2H3;1-2H3;2*1H3;/q2*-1;;2*-1;+4. The van der Waals surface area contributed by atoms with Crippen LogP contribution < -0.4 is 0 Å². The smallest absolute Gasteiger partial charge is 0.358 e. The molecule has 2 heteroatoms. The predicted octanol–water partition coefficient (Wildman–Crippen LogP) is 9.49. The molecule has 0 bridgehead atoms. The minimum atomic E-state index is 0. The van der Waals surface area contributed by atoms with Crippen LogP contribution in [0.2, 0.25) is 13.1 Å². The van der Waals surface area contributed by atoms with Crippen molar-refractivity contribution in [2.45, 2.75) is 40.8 Å². The molecule has 166 valence electrons. The topological polar surface area (TPSA) is 0 Å². The number of allylic oxidation sites excluding steroid dienone is 2. The number of benzene rings is 2. The van der Waals surface area contributed by atoms with Crippen LogP contribution >= 0.6 is 0 Å². The number of hydrogen-bond donors (Lipinski definition) is 0. The molecule has 2 radical (unpaired) electrons. The van der Waals surface area contributed by atoms with Gasteiger partial charge in [0.2, 0.25) is 0 Å². The fourth-order valence-corrected chi connectivity index (χ4v) is 3.56. The Morgan fingerprint density at radius 3 is 1.28 bits per heavy atom. The molecule has 0 N–H and O–H groups in total. The summed E-state index contributed by atoms with van der Waals surface area (Å²) < 4.78 is 0. The van der Waals surface area contributed by atoms with Gasteiger partial charge < -0.3 is 14.9 Å². The van der Waals surface area contributed by atoms with Crippen molar-refractivity contribution in [1.29, 1.82) is 0 Å². The minimum Gasteiger partial charge on any atom is -0.358 e. The molecule has 0 aromatic heterocycles. The van der Waals surface area contributed by atoms with Crippen LogP contribution in [0.1, 0.15) is 36.1 Å². The molecule has 0 saturated heterocycles. The average Bonchev–Trinajstić information content (AvgIpc) is 3.20. The molecule has 0 nitrogen and oxygen atoms in total. The molecule has 4 aromatic rings. The summed E-state index contributed by atoms with van der Waals surface area (Å²) >= 11 is 0. The zero-order valence-electron chi connectivity index (χ0n) is 21.1. The Kier molecular flexibility index (Phi) is 17.0. The first-order valence-electron chi connectivity index (χ1n) is 10.2. The van der Waals surface area contributed by atoms with E-state index in [1.807, 2.05) is 0 Å². The first-order chi connectivity index (χ1) is 14.1. The van der Waals surface area contributed by atoms with Gasteiger partial charge >= 0.3 is 25.8 Å². The van der Waals surface area contributed by atoms with E-state index >= 15 is 0 Å². The van der Waals surface area contributed by atoms with Gasteiger partial charge in [-0.2, -0.15) is 0 Å². The normalized spacial score (nSPS) is 9.94. The van der Waals surface area contributed by atoms with Gasteiger partial charge in [-0.1, -0.05) is 51.2 Å². The molecule has 0 unspecified atom stereocenters. The zero-order valence-corrected chi connectivity index (χ0v) is 25.7. The molecule has 0 aliphatic heterocycles. The van der Waals surface area contributed by atoms with Crippen LogP contribution in [0.25, 0.3) is 33.7 Å². The van der Waals surface area contributed by atoms with Crippen LogP contribution in [-0.2, 0) is 25.8 Å². The molecule has 0 saturated carbocycles. The van der Waals surface area contributed by atoms with E-state index in [4.69, 9.17) is 0 Å². The van der Waals surface area contributed by atoms with E-state index in [-0.39, 0.29) is 40.7 Å². The van der Waals surface area contributed by atoms with Crippen molar-refractivity contribution < 1.29 is 25.8 Å². The van der Waals surface area contributed by atoms with E-state index in [0.717, 1.165) is 9.52 Å². The predicted molar refractivity (Wildman–Crippen MR) is 148 cm³/mol. The Labute approximate surface area is 218 Å². The molecule has 0 atom stereocenters. The van der Waals surface area contributed by atoms with Crippen molar-refractivity contribution in [1.82, 2.24) is 0 Å². The maximum absolute atomic E-state index is 2.24. The van der Waals surface area contributed by atoms with Crippen LogP contribution in [0.5, 0.6) is 0 Å². The second-order valence-electron chi connectivity index (χ2n) is 7.16. The summed E-state index contributed by atoms with van der Waals surface area (Å²) in [5.41, 5.74) is 5.44. The maximum atomic E-state index is 2.24. The molecular weight excluding hydrogens is 567 g/mol. The molecule has 0 spiro atoms. The van der Waals surface area contributed by atoms with E-state index in [1.165, 1.54) is 43.8 Å². The summed E-state index contributed by atoms with van der Waals surface area (Å²) in [6, 6.07) is 21.5. The van der Waals surface area contributed by atoms with E-state index < -0.39 is 0 Å². The molecule has 4 rings (SSSR count). The Bertz CT molecular complexity index is 1000. The van der Waals surface area contributed by atoms with Gasteiger partial charge in [0.25, 0.3) is 0 Å². The second kappa shape index (κ2) is 16.8. The first kappa shape index (κ1) is 32.4. The molecule has 0 aliphatic rings. The third-order valence-electron chi connectivity index (χ3n) is 4.76. The van der Waals surface area contributed by atoms with Crippen molar-refractivity contribution in [3.63, 3.8) is 0 Å². The molecule has 0 heterocycles. The SMILES string of the molecule is CC=Cc1c(C)[cH-]c2ccccc12.CC=Cc1c(C)[cH-]c2ccccc12.C[Si]C.[CH3-].[CH3-].[Hf+4]. The fourth-order valence-electron chi connectivity index (χ4n) is 3.56. The Morgan fingerprint density at radius 2 is 0.969 bits per heavy atom. The summed E-state index contributed by atoms with van der Waals surface area (Å²) in [6.07, 6.45) is 8.54. The summed E-state index contributed by atoms with van der Waals surface area (Å²) in [7, 11) is 1.08. The number of hydrogen-bond acceptors (Lipinski definition) is 0. The van der Waals surface area contributed by atoms with Crippen LogP contribution in [-0.4, -0.2) is 9.52 Å².